The van der Waals surface area contributed by atoms with Gasteiger partial charge in [-0.3, -0.25) is 4.98 Å². The van der Waals surface area contributed by atoms with Crippen LogP contribution in [0, 0.1) is 6.92 Å². The molecule has 0 saturated carbocycles. The smallest absolute Gasteiger partial charge is 0.228 e. The van der Waals surface area contributed by atoms with Gasteiger partial charge in [0.1, 0.15) is 12.0 Å². The van der Waals surface area contributed by atoms with Crippen LogP contribution in [0.25, 0.3) is 22.7 Å². The minimum Gasteiger partial charge on any atom is -0.444 e. The van der Waals surface area contributed by atoms with E-state index in [2.05, 4.69) is 53.0 Å². The molecule has 0 aliphatic rings. The van der Waals surface area contributed by atoms with Crippen LogP contribution in [0.3, 0.4) is 0 Å². The summed E-state index contributed by atoms with van der Waals surface area (Å²) in [6, 6.07) is 10.4. The Kier molecular flexibility index (Phi) is 4.42. The molecule has 4 nitrogen and oxygen atoms in total. The topological polar surface area (TPSA) is 42.2 Å². The quantitative estimate of drug-likeness (QED) is 0.693. The molecule has 3 rings (SSSR count). The van der Waals surface area contributed by atoms with Crippen LogP contribution in [0.1, 0.15) is 19.4 Å². The molecule has 0 bridgehead atoms. The van der Waals surface area contributed by atoms with Crippen molar-refractivity contribution in [2.24, 2.45) is 0 Å². The number of pyridine rings is 1. The van der Waals surface area contributed by atoms with E-state index in [9.17, 15) is 0 Å². The molecule has 0 spiro atoms. The molecule has 0 aliphatic carbocycles. The zero-order valence-electron chi connectivity index (χ0n) is 13.8. The first-order valence-electron chi connectivity index (χ1n) is 7.94. The molecule has 2 heterocycles. The van der Waals surface area contributed by atoms with Crippen LogP contribution < -0.4 is 4.90 Å². The van der Waals surface area contributed by atoms with Gasteiger partial charge in [0.25, 0.3) is 0 Å². The maximum absolute atomic E-state index is 5.64. The largest absolute Gasteiger partial charge is 0.444 e. The number of nitrogens with zero attached hydrogens (tertiary/aromatic N) is 3. The second-order valence-corrected chi connectivity index (χ2v) is 5.45. The third-order valence-corrected chi connectivity index (χ3v) is 4.07. The molecule has 4 heteroatoms. The molecule has 0 aliphatic heterocycles. The summed E-state index contributed by atoms with van der Waals surface area (Å²) in [5.41, 5.74) is 5.15. The Labute approximate surface area is 136 Å². The average Bonchev–Trinajstić information content (AvgIpc) is 3.07. The number of anilines is 1. The predicted molar refractivity (Wildman–Crippen MR) is 93.5 cm³/mol. The molecular weight excluding hydrogens is 286 g/mol. The van der Waals surface area contributed by atoms with E-state index in [0.717, 1.165) is 35.5 Å². The van der Waals surface area contributed by atoms with Crippen LogP contribution in [0.2, 0.25) is 0 Å². The Bertz CT molecular complexity index is 773. The number of benzene rings is 1. The van der Waals surface area contributed by atoms with Gasteiger partial charge in [0.2, 0.25) is 5.89 Å². The molecular formula is C19H21N3O. The van der Waals surface area contributed by atoms with Crippen LogP contribution in [0.4, 0.5) is 5.69 Å². The second-order valence-electron chi connectivity index (χ2n) is 5.45. The van der Waals surface area contributed by atoms with Gasteiger partial charge in [-0.2, -0.15) is 0 Å². The van der Waals surface area contributed by atoms with Gasteiger partial charge in [0, 0.05) is 36.7 Å². The molecule has 1 aromatic carbocycles. The number of hydrogen-bond donors (Lipinski definition) is 0. The molecule has 0 radical (unpaired) electrons. The van der Waals surface area contributed by atoms with Crippen molar-refractivity contribution < 1.29 is 4.42 Å². The van der Waals surface area contributed by atoms with E-state index >= 15 is 0 Å². The summed E-state index contributed by atoms with van der Waals surface area (Å²) in [7, 11) is 0. The average molecular weight is 307 g/mol. The summed E-state index contributed by atoms with van der Waals surface area (Å²) >= 11 is 0. The van der Waals surface area contributed by atoms with Crippen LogP contribution in [-0.2, 0) is 0 Å². The zero-order chi connectivity index (χ0) is 16.2. The lowest BCUT2D eigenvalue weighted by atomic mass is 10.1. The van der Waals surface area contributed by atoms with E-state index in [1.165, 1.54) is 5.69 Å². The Hall–Kier alpha value is -2.62. The van der Waals surface area contributed by atoms with E-state index < -0.39 is 0 Å². The van der Waals surface area contributed by atoms with Crippen LogP contribution >= 0.6 is 0 Å². The lowest BCUT2D eigenvalue weighted by Crippen LogP contribution is -2.21. The van der Waals surface area contributed by atoms with E-state index in [1.54, 1.807) is 18.7 Å². The number of rotatable bonds is 5. The fraction of sp³-hybridized carbons (Fsp3) is 0.263. The van der Waals surface area contributed by atoms with Gasteiger partial charge in [0.15, 0.2) is 0 Å². The van der Waals surface area contributed by atoms with Gasteiger partial charge in [-0.25, -0.2) is 4.98 Å². The van der Waals surface area contributed by atoms with Gasteiger partial charge < -0.3 is 9.32 Å². The first kappa shape index (κ1) is 15.3. The van der Waals surface area contributed by atoms with Gasteiger partial charge in [-0.1, -0.05) is 12.1 Å². The van der Waals surface area contributed by atoms with Crippen LogP contribution in [0.5, 0.6) is 0 Å². The highest BCUT2D eigenvalue weighted by molar-refractivity contribution is 5.66. The molecule has 118 valence electrons. The summed E-state index contributed by atoms with van der Waals surface area (Å²) in [6.45, 7) is 8.36. The second kappa shape index (κ2) is 6.65. The van der Waals surface area contributed by atoms with Gasteiger partial charge in [-0.05, 0) is 44.5 Å². The normalized spacial score (nSPS) is 10.7. The van der Waals surface area contributed by atoms with Crippen molar-refractivity contribution in [1.29, 1.82) is 0 Å². The monoisotopic (exact) mass is 307 g/mol. The third kappa shape index (κ3) is 3.11. The minimum atomic E-state index is 0.610. The van der Waals surface area contributed by atoms with Crippen molar-refractivity contribution in [3.8, 4) is 22.7 Å². The number of aryl methyl sites for hydroxylation is 1. The Morgan fingerprint density at radius 1 is 1.04 bits per heavy atom. The lowest BCUT2D eigenvalue weighted by molar-refractivity contribution is 0.574. The van der Waals surface area contributed by atoms with E-state index in [-0.39, 0.29) is 0 Å². The molecule has 3 aromatic rings. The molecule has 0 unspecified atom stereocenters. The number of aromatic nitrogens is 2. The van der Waals surface area contributed by atoms with Crippen molar-refractivity contribution in [3.63, 3.8) is 0 Å². The zero-order valence-corrected chi connectivity index (χ0v) is 13.8. The van der Waals surface area contributed by atoms with E-state index in [4.69, 9.17) is 4.42 Å². The van der Waals surface area contributed by atoms with Crippen molar-refractivity contribution in [2.45, 2.75) is 20.8 Å². The fourth-order valence-electron chi connectivity index (χ4n) is 2.65. The van der Waals surface area contributed by atoms with E-state index in [0.29, 0.717) is 5.89 Å². The first-order valence-corrected chi connectivity index (χ1v) is 7.94. The maximum Gasteiger partial charge on any atom is 0.228 e. The standard InChI is InChI=1S/C19H21N3O/c1-4-22(5-2)16-8-6-15(7-9-16)18-13-23-19(21-18)17-12-20-11-10-14(17)3/h6-13H,4-5H2,1-3H3. The molecule has 0 atom stereocenters. The number of hydrogen-bond acceptors (Lipinski definition) is 4. The van der Waals surface area contributed by atoms with Crippen molar-refractivity contribution in [3.05, 3.63) is 54.6 Å². The first-order chi connectivity index (χ1) is 11.2. The van der Waals surface area contributed by atoms with Crippen LogP contribution in [-0.4, -0.2) is 23.1 Å². The predicted octanol–water partition coefficient (Wildman–Crippen LogP) is 4.56. The SMILES string of the molecule is CCN(CC)c1ccc(-c2coc(-c3cnccc3C)n2)cc1. The van der Waals surface area contributed by atoms with Crippen molar-refractivity contribution in [2.75, 3.05) is 18.0 Å². The molecule has 2 aromatic heterocycles. The van der Waals surface area contributed by atoms with Gasteiger partial charge >= 0.3 is 0 Å². The molecule has 0 saturated heterocycles. The van der Waals surface area contributed by atoms with Crippen LogP contribution in [0.15, 0.2) is 53.4 Å². The summed E-state index contributed by atoms with van der Waals surface area (Å²) in [4.78, 5) is 11.1. The number of oxazole rings is 1. The summed E-state index contributed by atoms with van der Waals surface area (Å²) in [5, 5.41) is 0. The lowest BCUT2D eigenvalue weighted by Gasteiger charge is -2.20. The Morgan fingerprint density at radius 2 is 1.78 bits per heavy atom. The Balaban J connectivity index is 1.87. The third-order valence-electron chi connectivity index (χ3n) is 4.07. The van der Waals surface area contributed by atoms with E-state index in [1.807, 2.05) is 13.0 Å². The fourth-order valence-corrected chi connectivity index (χ4v) is 2.65. The van der Waals surface area contributed by atoms with Gasteiger partial charge in [0.05, 0.1) is 5.56 Å². The highest BCUT2D eigenvalue weighted by Gasteiger charge is 2.11. The van der Waals surface area contributed by atoms with Crippen molar-refractivity contribution in [1.82, 2.24) is 9.97 Å². The molecule has 0 N–H and O–H groups in total. The van der Waals surface area contributed by atoms with Gasteiger partial charge in [-0.15, -0.1) is 0 Å². The highest BCUT2D eigenvalue weighted by Crippen LogP contribution is 2.27. The summed E-state index contributed by atoms with van der Waals surface area (Å²) in [5.74, 6) is 0.610. The molecule has 0 amide bonds. The molecule has 23 heavy (non-hydrogen) atoms. The van der Waals surface area contributed by atoms with Crippen molar-refractivity contribution >= 4 is 5.69 Å². The maximum atomic E-state index is 5.64. The summed E-state index contributed by atoms with van der Waals surface area (Å²) in [6.07, 6.45) is 5.26. The Morgan fingerprint density at radius 3 is 2.43 bits per heavy atom. The molecule has 0 fully saturated rings. The minimum absolute atomic E-state index is 0.610. The summed E-state index contributed by atoms with van der Waals surface area (Å²) < 4.78 is 5.64. The highest BCUT2D eigenvalue weighted by atomic mass is 16.3.